The van der Waals surface area contributed by atoms with Crippen LogP contribution in [0.2, 0.25) is 0 Å². The van der Waals surface area contributed by atoms with Gasteiger partial charge in [0.05, 0.1) is 17.4 Å². The van der Waals surface area contributed by atoms with Crippen LogP contribution < -0.4 is 4.74 Å². The predicted octanol–water partition coefficient (Wildman–Crippen LogP) is 4.13. The molecule has 7 nitrogen and oxygen atoms in total. The summed E-state index contributed by atoms with van der Waals surface area (Å²) in [7, 11) is 0. The Morgan fingerprint density at radius 3 is 2.49 bits per heavy atom. The minimum absolute atomic E-state index is 0.0384. The molecule has 0 bridgehead atoms. The van der Waals surface area contributed by atoms with Gasteiger partial charge >= 0.3 is 0 Å². The smallest absolute Gasteiger partial charge is 0.260 e. The number of hydrogen-bond donors (Lipinski definition) is 0. The van der Waals surface area contributed by atoms with Gasteiger partial charge in [-0.05, 0) is 62.3 Å². The zero-order valence-electron chi connectivity index (χ0n) is 20.2. The Bertz CT molecular complexity index is 1140. The number of nitrogens with zero attached hydrogens (tertiary/aromatic N) is 4. The minimum atomic E-state index is 0.0384. The molecule has 0 radical (unpaired) electrons. The molecule has 0 spiro atoms. The largest absolute Gasteiger partial charge is 0.484 e. The third kappa shape index (κ3) is 5.50. The van der Waals surface area contributed by atoms with E-state index in [0.717, 1.165) is 62.1 Å². The summed E-state index contributed by atoms with van der Waals surface area (Å²) in [5, 5.41) is 0. The van der Waals surface area contributed by atoms with Crippen LogP contribution in [-0.2, 0) is 16.1 Å². The molecule has 184 valence electrons. The van der Waals surface area contributed by atoms with Gasteiger partial charge in [0.15, 0.2) is 6.61 Å². The zero-order chi connectivity index (χ0) is 24.0. The SMILES string of the molecule is O=C(COc1ccccc1)N1CCC(C2CCCCN2C(=O)CCn2cnc3ccccc32)CC1. The predicted molar refractivity (Wildman–Crippen MR) is 135 cm³/mol. The molecule has 2 aliphatic heterocycles. The van der Waals surface area contributed by atoms with Crippen molar-refractivity contribution in [2.45, 2.75) is 51.1 Å². The summed E-state index contributed by atoms with van der Waals surface area (Å²) in [6.07, 6.45) is 7.52. The van der Waals surface area contributed by atoms with Crippen molar-refractivity contribution in [2.24, 2.45) is 5.92 Å². The number of hydrogen-bond acceptors (Lipinski definition) is 4. The number of amides is 2. The summed E-state index contributed by atoms with van der Waals surface area (Å²) in [5.41, 5.74) is 2.04. The van der Waals surface area contributed by atoms with E-state index in [2.05, 4.69) is 20.5 Å². The molecule has 2 amide bonds. The molecule has 0 N–H and O–H groups in total. The Labute approximate surface area is 206 Å². The fourth-order valence-corrected chi connectivity index (χ4v) is 5.59. The number of ether oxygens (including phenoxy) is 1. The number of benzene rings is 2. The summed E-state index contributed by atoms with van der Waals surface area (Å²) >= 11 is 0. The second kappa shape index (κ2) is 10.9. The highest BCUT2D eigenvalue weighted by molar-refractivity contribution is 5.78. The second-order valence-corrected chi connectivity index (χ2v) is 9.65. The maximum Gasteiger partial charge on any atom is 0.260 e. The first kappa shape index (κ1) is 23.4. The number of likely N-dealkylation sites (tertiary alicyclic amines) is 2. The molecule has 5 rings (SSSR count). The minimum Gasteiger partial charge on any atom is -0.484 e. The van der Waals surface area contributed by atoms with Crippen LogP contribution in [0.4, 0.5) is 0 Å². The summed E-state index contributed by atoms with van der Waals surface area (Å²) in [6.45, 7) is 3.04. The molecule has 2 aromatic carbocycles. The molecule has 1 atom stereocenters. The van der Waals surface area contributed by atoms with Gasteiger partial charge in [0, 0.05) is 38.6 Å². The van der Waals surface area contributed by atoms with Gasteiger partial charge in [0.2, 0.25) is 5.91 Å². The van der Waals surface area contributed by atoms with E-state index in [1.165, 1.54) is 6.42 Å². The van der Waals surface area contributed by atoms with Gasteiger partial charge in [0.25, 0.3) is 5.91 Å². The summed E-state index contributed by atoms with van der Waals surface area (Å²) in [5.74, 6) is 1.45. The third-order valence-corrected chi connectivity index (χ3v) is 7.51. The Kier molecular flexibility index (Phi) is 7.31. The van der Waals surface area contributed by atoms with Crippen molar-refractivity contribution < 1.29 is 14.3 Å². The first-order chi connectivity index (χ1) is 17.2. The van der Waals surface area contributed by atoms with Crippen LogP contribution in [0, 0.1) is 5.92 Å². The number of carbonyl (C=O) groups excluding carboxylic acids is 2. The molecule has 0 aliphatic carbocycles. The van der Waals surface area contributed by atoms with Gasteiger partial charge in [0.1, 0.15) is 5.75 Å². The number of carbonyl (C=O) groups is 2. The number of imidazole rings is 1. The Balaban J connectivity index is 1.13. The van der Waals surface area contributed by atoms with Gasteiger partial charge in [-0.2, -0.15) is 0 Å². The standard InChI is InChI=1S/C28H34N4O3/c33-27(15-19-31-21-29-24-10-4-5-12-26(24)31)32-16-7-6-11-25(32)22-13-17-30(18-14-22)28(34)20-35-23-8-2-1-3-9-23/h1-5,8-10,12,21-22,25H,6-7,11,13-20H2. The van der Waals surface area contributed by atoms with E-state index >= 15 is 0 Å². The number of rotatable bonds is 7. The van der Waals surface area contributed by atoms with E-state index in [1.807, 2.05) is 59.8 Å². The average Bonchev–Trinajstić information content (AvgIpc) is 3.34. The van der Waals surface area contributed by atoms with Crippen molar-refractivity contribution in [1.29, 1.82) is 0 Å². The van der Waals surface area contributed by atoms with Gasteiger partial charge in [-0.1, -0.05) is 30.3 Å². The second-order valence-electron chi connectivity index (χ2n) is 9.65. The maximum atomic E-state index is 13.3. The Morgan fingerprint density at radius 1 is 0.886 bits per heavy atom. The third-order valence-electron chi connectivity index (χ3n) is 7.51. The van der Waals surface area contributed by atoms with Crippen LogP contribution in [0.25, 0.3) is 11.0 Å². The lowest BCUT2D eigenvalue weighted by Gasteiger charge is -2.43. The molecule has 1 unspecified atom stereocenters. The molecule has 35 heavy (non-hydrogen) atoms. The van der Waals surface area contributed by atoms with Crippen LogP contribution in [0.5, 0.6) is 5.75 Å². The maximum absolute atomic E-state index is 13.3. The van der Waals surface area contributed by atoms with E-state index in [1.54, 1.807) is 0 Å². The highest BCUT2D eigenvalue weighted by atomic mass is 16.5. The first-order valence-corrected chi connectivity index (χ1v) is 12.8. The van der Waals surface area contributed by atoms with E-state index in [-0.39, 0.29) is 24.5 Å². The van der Waals surface area contributed by atoms with Gasteiger partial charge in [-0.25, -0.2) is 4.98 Å². The fourth-order valence-electron chi connectivity index (χ4n) is 5.59. The first-order valence-electron chi connectivity index (χ1n) is 12.8. The number of fused-ring (bicyclic) bond motifs is 1. The van der Waals surface area contributed by atoms with Crippen molar-refractivity contribution >= 4 is 22.8 Å². The number of aromatic nitrogens is 2. The number of aryl methyl sites for hydroxylation is 1. The molecular formula is C28H34N4O3. The summed E-state index contributed by atoms with van der Waals surface area (Å²) < 4.78 is 7.72. The normalized spacial score (nSPS) is 19.1. The lowest BCUT2D eigenvalue weighted by molar-refractivity contribution is -0.139. The van der Waals surface area contributed by atoms with Crippen molar-refractivity contribution in [3.8, 4) is 5.75 Å². The number of piperidine rings is 2. The monoisotopic (exact) mass is 474 g/mol. The lowest BCUT2D eigenvalue weighted by Crippen LogP contribution is -2.51. The molecule has 3 aromatic rings. The van der Waals surface area contributed by atoms with Gasteiger partial charge < -0.3 is 19.1 Å². The highest BCUT2D eigenvalue weighted by Gasteiger charge is 2.35. The molecular weight excluding hydrogens is 440 g/mol. The van der Waals surface area contributed by atoms with Crippen molar-refractivity contribution in [2.75, 3.05) is 26.2 Å². The van der Waals surface area contributed by atoms with E-state index in [9.17, 15) is 9.59 Å². The average molecular weight is 475 g/mol. The molecule has 2 fully saturated rings. The van der Waals surface area contributed by atoms with Crippen LogP contribution in [0.3, 0.4) is 0 Å². The molecule has 1 aromatic heterocycles. The van der Waals surface area contributed by atoms with Crippen molar-refractivity contribution in [1.82, 2.24) is 19.4 Å². The number of para-hydroxylation sites is 3. The summed E-state index contributed by atoms with van der Waals surface area (Å²) in [6, 6.07) is 17.8. The van der Waals surface area contributed by atoms with Crippen LogP contribution in [0.15, 0.2) is 60.9 Å². The fraction of sp³-hybridized carbons (Fsp3) is 0.464. The van der Waals surface area contributed by atoms with Crippen molar-refractivity contribution in [3.05, 3.63) is 60.9 Å². The van der Waals surface area contributed by atoms with Gasteiger partial charge in [-0.15, -0.1) is 0 Å². The van der Waals surface area contributed by atoms with Crippen LogP contribution >= 0.6 is 0 Å². The lowest BCUT2D eigenvalue weighted by atomic mass is 9.83. The Hall–Kier alpha value is -3.35. The van der Waals surface area contributed by atoms with E-state index < -0.39 is 0 Å². The topological polar surface area (TPSA) is 67.7 Å². The zero-order valence-corrected chi connectivity index (χ0v) is 20.2. The van der Waals surface area contributed by atoms with E-state index in [0.29, 0.717) is 18.9 Å². The molecule has 7 heteroatoms. The van der Waals surface area contributed by atoms with Crippen LogP contribution in [0.1, 0.15) is 38.5 Å². The quantitative estimate of drug-likeness (QED) is 0.517. The van der Waals surface area contributed by atoms with Crippen LogP contribution in [-0.4, -0.2) is 63.4 Å². The van der Waals surface area contributed by atoms with E-state index in [4.69, 9.17) is 4.74 Å². The molecule has 2 aliphatic rings. The molecule has 3 heterocycles. The highest BCUT2D eigenvalue weighted by Crippen LogP contribution is 2.31. The summed E-state index contributed by atoms with van der Waals surface area (Å²) in [4.78, 5) is 34.4. The Morgan fingerprint density at radius 2 is 1.66 bits per heavy atom. The molecule has 0 saturated carbocycles. The van der Waals surface area contributed by atoms with Crippen molar-refractivity contribution in [3.63, 3.8) is 0 Å². The molecule has 2 saturated heterocycles. The van der Waals surface area contributed by atoms with Gasteiger partial charge in [-0.3, -0.25) is 9.59 Å².